The third-order valence-electron chi connectivity index (χ3n) is 3.66. The maximum atomic E-state index is 10.2. The summed E-state index contributed by atoms with van der Waals surface area (Å²) in [6.07, 6.45) is -1.68. The number of aliphatic hydroxyl groups excluding tert-OH is 1. The normalized spacial score (nSPS) is 44.2. The SMILES string of the molecule is CC1(C)OC2OC(CN3CCOCC3)C(O)C2O1. The molecule has 3 aliphatic rings. The first kappa shape index (κ1) is 12.8. The summed E-state index contributed by atoms with van der Waals surface area (Å²) in [6.45, 7) is 7.62. The van der Waals surface area contributed by atoms with Crippen molar-refractivity contribution in [2.45, 2.75) is 44.2 Å². The summed E-state index contributed by atoms with van der Waals surface area (Å²) in [5.41, 5.74) is 0. The van der Waals surface area contributed by atoms with Crippen LogP contribution in [0, 0.1) is 0 Å². The minimum Gasteiger partial charge on any atom is -0.387 e. The Morgan fingerprint density at radius 2 is 1.94 bits per heavy atom. The van der Waals surface area contributed by atoms with Gasteiger partial charge in [0, 0.05) is 19.6 Å². The second-order valence-electron chi connectivity index (χ2n) is 5.55. The van der Waals surface area contributed by atoms with Gasteiger partial charge in [0.1, 0.15) is 18.3 Å². The number of hydrogen-bond acceptors (Lipinski definition) is 6. The molecule has 0 bridgehead atoms. The van der Waals surface area contributed by atoms with Crippen molar-refractivity contribution in [2.75, 3.05) is 32.8 Å². The van der Waals surface area contributed by atoms with E-state index in [2.05, 4.69) is 4.90 Å². The maximum absolute atomic E-state index is 10.2. The van der Waals surface area contributed by atoms with E-state index in [0.717, 1.165) is 26.3 Å². The topological polar surface area (TPSA) is 60.4 Å². The fraction of sp³-hybridized carbons (Fsp3) is 1.00. The molecule has 0 radical (unpaired) electrons. The number of ether oxygens (including phenoxy) is 4. The predicted octanol–water partition coefficient (Wildman–Crippen LogP) is -0.444. The van der Waals surface area contributed by atoms with Gasteiger partial charge in [0.2, 0.25) is 0 Å². The highest BCUT2D eigenvalue weighted by atomic mass is 16.8. The Hall–Kier alpha value is -0.240. The van der Waals surface area contributed by atoms with Crippen LogP contribution in [0.5, 0.6) is 0 Å². The standard InChI is InChI=1S/C12H21NO5/c1-12(2)17-10-9(14)8(16-11(10)18-12)7-13-3-5-15-6-4-13/h8-11,14H,3-7H2,1-2H3. The fourth-order valence-corrected chi connectivity index (χ4v) is 2.75. The molecule has 4 atom stereocenters. The Balaban J connectivity index is 1.57. The van der Waals surface area contributed by atoms with E-state index in [0.29, 0.717) is 6.54 Å². The summed E-state index contributed by atoms with van der Waals surface area (Å²) in [7, 11) is 0. The number of rotatable bonds is 2. The van der Waals surface area contributed by atoms with E-state index in [1.807, 2.05) is 13.8 Å². The van der Waals surface area contributed by atoms with E-state index >= 15 is 0 Å². The van der Waals surface area contributed by atoms with Crippen LogP contribution in [0.15, 0.2) is 0 Å². The highest BCUT2D eigenvalue weighted by Gasteiger charge is 2.54. The zero-order chi connectivity index (χ0) is 12.8. The van der Waals surface area contributed by atoms with Crippen LogP contribution in [0.25, 0.3) is 0 Å². The van der Waals surface area contributed by atoms with Gasteiger partial charge in [-0.3, -0.25) is 4.90 Å². The molecule has 0 aliphatic carbocycles. The van der Waals surface area contributed by atoms with Crippen molar-refractivity contribution in [3.05, 3.63) is 0 Å². The van der Waals surface area contributed by atoms with E-state index in [1.54, 1.807) is 0 Å². The zero-order valence-electron chi connectivity index (χ0n) is 10.9. The molecule has 18 heavy (non-hydrogen) atoms. The second kappa shape index (κ2) is 4.70. The van der Waals surface area contributed by atoms with Crippen molar-refractivity contribution < 1.29 is 24.1 Å². The predicted molar refractivity (Wildman–Crippen MR) is 62.0 cm³/mol. The molecular formula is C12H21NO5. The molecule has 1 N–H and O–H groups in total. The van der Waals surface area contributed by atoms with Crippen LogP contribution in [-0.4, -0.2) is 73.2 Å². The average molecular weight is 259 g/mol. The van der Waals surface area contributed by atoms with E-state index in [4.69, 9.17) is 18.9 Å². The van der Waals surface area contributed by atoms with Crippen molar-refractivity contribution in [1.82, 2.24) is 4.90 Å². The van der Waals surface area contributed by atoms with E-state index in [-0.39, 0.29) is 12.2 Å². The molecule has 0 saturated carbocycles. The first-order valence-corrected chi connectivity index (χ1v) is 6.54. The van der Waals surface area contributed by atoms with Crippen LogP contribution in [0.4, 0.5) is 0 Å². The molecule has 3 fully saturated rings. The highest BCUT2D eigenvalue weighted by molar-refractivity contribution is 4.94. The lowest BCUT2D eigenvalue weighted by Gasteiger charge is -2.30. The molecule has 3 rings (SSSR count). The van der Waals surface area contributed by atoms with E-state index in [9.17, 15) is 5.11 Å². The maximum Gasteiger partial charge on any atom is 0.190 e. The third-order valence-corrected chi connectivity index (χ3v) is 3.66. The van der Waals surface area contributed by atoms with Gasteiger partial charge in [-0.15, -0.1) is 0 Å². The smallest absolute Gasteiger partial charge is 0.190 e. The van der Waals surface area contributed by atoms with Crippen LogP contribution in [0.3, 0.4) is 0 Å². The Morgan fingerprint density at radius 3 is 2.61 bits per heavy atom. The van der Waals surface area contributed by atoms with Crippen molar-refractivity contribution in [3.8, 4) is 0 Å². The Kier molecular flexibility index (Phi) is 3.34. The van der Waals surface area contributed by atoms with Gasteiger partial charge < -0.3 is 24.1 Å². The Labute approximate surface area is 107 Å². The minimum atomic E-state index is -0.666. The first-order valence-electron chi connectivity index (χ1n) is 6.54. The molecule has 0 aromatic heterocycles. The van der Waals surface area contributed by atoms with Gasteiger partial charge >= 0.3 is 0 Å². The average Bonchev–Trinajstić information content (AvgIpc) is 2.76. The van der Waals surface area contributed by atoms with Crippen LogP contribution in [-0.2, 0) is 18.9 Å². The van der Waals surface area contributed by atoms with Crippen molar-refractivity contribution >= 4 is 0 Å². The molecule has 6 heteroatoms. The molecule has 3 saturated heterocycles. The quantitative estimate of drug-likeness (QED) is 0.725. The Morgan fingerprint density at radius 1 is 1.22 bits per heavy atom. The molecule has 104 valence electrons. The van der Waals surface area contributed by atoms with Gasteiger partial charge in [0.05, 0.1) is 13.2 Å². The van der Waals surface area contributed by atoms with Crippen LogP contribution in [0.1, 0.15) is 13.8 Å². The molecule has 0 amide bonds. The highest BCUT2D eigenvalue weighted by Crippen LogP contribution is 2.37. The molecular weight excluding hydrogens is 238 g/mol. The molecule has 0 aromatic carbocycles. The van der Waals surface area contributed by atoms with E-state index < -0.39 is 18.2 Å². The fourth-order valence-electron chi connectivity index (χ4n) is 2.75. The molecule has 4 unspecified atom stereocenters. The monoisotopic (exact) mass is 259 g/mol. The molecule has 0 aromatic rings. The summed E-state index contributed by atoms with van der Waals surface area (Å²) < 4.78 is 22.3. The van der Waals surface area contributed by atoms with Crippen molar-refractivity contribution in [3.63, 3.8) is 0 Å². The van der Waals surface area contributed by atoms with Gasteiger partial charge in [-0.05, 0) is 13.8 Å². The number of nitrogens with zero attached hydrogens (tertiary/aromatic N) is 1. The number of fused-ring (bicyclic) bond motifs is 1. The van der Waals surface area contributed by atoms with Gasteiger partial charge in [-0.1, -0.05) is 0 Å². The van der Waals surface area contributed by atoms with Gasteiger partial charge in [-0.25, -0.2) is 0 Å². The first-order chi connectivity index (χ1) is 8.55. The van der Waals surface area contributed by atoms with Crippen LogP contribution in [0.2, 0.25) is 0 Å². The lowest BCUT2D eigenvalue weighted by Crippen LogP contribution is -2.45. The Bertz CT molecular complexity index is 305. The second-order valence-corrected chi connectivity index (χ2v) is 5.55. The van der Waals surface area contributed by atoms with E-state index in [1.165, 1.54) is 0 Å². The summed E-state index contributed by atoms with van der Waals surface area (Å²) in [5.74, 6) is -0.666. The molecule has 6 nitrogen and oxygen atoms in total. The lowest BCUT2D eigenvalue weighted by molar-refractivity contribution is -0.217. The summed E-state index contributed by atoms with van der Waals surface area (Å²) >= 11 is 0. The largest absolute Gasteiger partial charge is 0.387 e. The number of hydrogen-bond donors (Lipinski definition) is 1. The molecule has 3 heterocycles. The van der Waals surface area contributed by atoms with Crippen molar-refractivity contribution in [2.24, 2.45) is 0 Å². The molecule has 3 aliphatic heterocycles. The van der Waals surface area contributed by atoms with Crippen LogP contribution < -0.4 is 0 Å². The number of aliphatic hydroxyl groups is 1. The number of morpholine rings is 1. The summed E-state index contributed by atoms with van der Waals surface area (Å²) in [5, 5.41) is 10.2. The van der Waals surface area contributed by atoms with Crippen molar-refractivity contribution in [1.29, 1.82) is 0 Å². The van der Waals surface area contributed by atoms with Crippen LogP contribution >= 0.6 is 0 Å². The van der Waals surface area contributed by atoms with Gasteiger partial charge in [0.15, 0.2) is 12.1 Å². The zero-order valence-corrected chi connectivity index (χ0v) is 10.9. The lowest BCUT2D eigenvalue weighted by atomic mass is 10.1. The summed E-state index contributed by atoms with van der Waals surface area (Å²) in [6, 6.07) is 0. The molecule has 0 spiro atoms. The summed E-state index contributed by atoms with van der Waals surface area (Å²) in [4.78, 5) is 2.24. The van der Waals surface area contributed by atoms with Gasteiger partial charge in [0.25, 0.3) is 0 Å². The van der Waals surface area contributed by atoms with Gasteiger partial charge in [-0.2, -0.15) is 0 Å². The third kappa shape index (κ3) is 2.41. The minimum absolute atomic E-state index is 0.241.